The summed E-state index contributed by atoms with van der Waals surface area (Å²) >= 11 is 5.15. The average Bonchev–Trinajstić information content (AvgIpc) is 2.33. The lowest BCUT2D eigenvalue weighted by molar-refractivity contribution is 0.0988. The Morgan fingerprint density at radius 1 is 1.24 bits per heavy atom. The molecule has 1 heterocycles. The molecule has 1 aromatic rings. The Morgan fingerprint density at radius 3 is 2.47 bits per heavy atom. The van der Waals surface area contributed by atoms with E-state index < -0.39 is 0 Å². The zero-order chi connectivity index (χ0) is 12.4. The van der Waals surface area contributed by atoms with Crippen LogP contribution in [0.3, 0.4) is 0 Å². The molecule has 0 fully saturated rings. The van der Waals surface area contributed by atoms with Gasteiger partial charge in [0, 0.05) is 15.8 Å². The Kier molecular flexibility index (Phi) is 4.10. The van der Waals surface area contributed by atoms with Gasteiger partial charge in [0.15, 0.2) is 5.78 Å². The summed E-state index contributed by atoms with van der Waals surface area (Å²) in [4.78, 5) is 12.3. The van der Waals surface area contributed by atoms with Crippen LogP contribution in [0.4, 0.5) is 0 Å². The van der Waals surface area contributed by atoms with Gasteiger partial charge < -0.3 is 0 Å². The summed E-state index contributed by atoms with van der Waals surface area (Å²) in [5.41, 5.74) is 3.62. The zero-order valence-corrected chi connectivity index (χ0v) is 12.4. The monoisotopic (exact) mass is 310 g/mol. The number of benzene rings is 1. The van der Waals surface area contributed by atoms with Crippen molar-refractivity contribution in [3.8, 4) is 0 Å². The van der Waals surface area contributed by atoms with Gasteiger partial charge in [0.05, 0.1) is 5.25 Å². The van der Waals surface area contributed by atoms with Crippen molar-refractivity contribution >= 4 is 33.5 Å². The summed E-state index contributed by atoms with van der Waals surface area (Å²) < 4.78 is 1.01. The van der Waals surface area contributed by atoms with Gasteiger partial charge in [-0.2, -0.15) is 0 Å². The summed E-state index contributed by atoms with van der Waals surface area (Å²) in [6, 6.07) is 7.64. The molecule has 0 radical (unpaired) electrons. The average molecular weight is 311 g/mol. The molecule has 0 aromatic heterocycles. The zero-order valence-electron chi connectivity index (χ0n) is 10.00. The van der Waals surface area contributed by atoms with Crippen LogP contribution in [0.15, 0.2) is 39.9 Å². The second kappa shape index (κ2) is 5.40. The first-order valence-electron chi connectivity index (χ1n) is 5.64. The minimum absolute atomic E-state index is 0.0971. The maximum absolute atomic E-state index is 12.3. The molecule has 2 rings (SSSR count). The first kappa shape index (κ1) is 12.9. The van der Waals surface area contributed by atoms with Gasteiger partial charge in [0.1, 0.15) is 0 Å². The van der Waals surface area contributed by atoms with Crippen LogP contribution in [0.5, 0.6) is 0 Å². The Morgan fingerprint density at radius 2 is 1.88 bits per heavy atom. The van der Waals surface area contributed by atoms with Crippen LogP contribution in [-0.4, -0.2) is 16.8 Å². The van der Waals surface area contributed by atoms with E-state index in [1.54, 1.807) is 11.8 Å². The van der Waals surface area contributed by atoms with Crippen molar-refractivity contribution in [3.05, 3.63) is 45.4 Å². The Balaban J connectivity index is 2.14. The normalized spacial score (nSPS) is 20.5. The summed E-state index contributed by atoms with van der Waals surface area (Å²) in [6.45, 7) is 4.29. The molecule has 17 heavy (non-hydrogen) atoms. The third kappa shape index (κ3) is 3.02. The predicted molar refractivity (Wildman–Crippen MR) is 77.7 cm³/mol. The van der Waals surface area contributed by atoms with Gasteiger partial charge in [-0.25, -0.2) is 0 Å². The van der Waals surface area contributed by atoms with Crippen LogP contribution >= 0.6 is 27.7 Å². The molecule has 1 nitrogen and oxygen atoms in total. The molecule has 1 aliphatic heterocycles. The third-order valence-electron chi connectivity index (χ3n) is 3.14. The molecule has 3 heteroatoms. The molecule has 1 atom stereocenters. The van der Waals surface area contributed by atoms with Gasteiger partial charge in [0.25, 0.3) is 0 Å². The molecule has 0 saturated carbocycles. The van der Waals surface area contributed by atoms with E-state index in [0.717, 1.165) is 22.2 Å². The van der Waals surface area contributed by atoms with Gasteiger partial charge >= 0.3 is 0 Å². The van der Waals surface area contributed by atoms with E-state index >= 15 is 0 Å². The highest BCUT2D eigenvalue weighted by molar-refractivity contribution is 9.10. The molecular formula is C14H15BrOS. The minimum atomic E-state index is 0.0971. The van der Waals surface area contributed by atoms with Crippen molar-refractivity contribution < 1.29 is 4.79 Å². The summed E-state index contributed by atoms with van der Waals surface area (Å²) in [6.07, 6.45) is 0.894. The van der Waals surface area contributed by atoms with Crippen LogP contribution < -0.4 is 0 Å². The van der Waals surface area contributed by atoms with E-state index in [-0.39, 0.29) is 11.0 Å². The summed E-state index contributed by atoms with van der Waals surface area (Å²) in [5.74, 6) is 1.24. The predicted octanol–water partition coefficient (Wildman–Crippen LogP) is 4.47. The first-order chi connectivity index (χ1) is 8.08. The molecule has 1 aliphatic rings. The molecule has 0 spiro atoms. The van der Waals surface area contributed by atoms with E-state index in [2.05, 4.69) is 29.8 Å². The molecule has 0 aliphatic carbocycles. The second-order valence-corrected chi connectivity index (χ2v) is 6.54. The summed E-state index contributed by atoms with van der Waals surface area (Å²) in [5, 5.41) is 0.0971. The van der Waals surface area contributed by atoms with Gasteiger partial charge in [0.2, 0.25) is 0 Å². The van der Waals surface area contributed by atoms with E-state index in [1.807, 2.05) is 24.3 Å². The number of Topliss-reactive ketones (excluding diaryl/α,β-unsaturated/α-hetero) is 1. The van der Waals surface area contributed by atoms with Crippen molar-refractivity contribution in [2.75, 3.05) is 5.75 Å². The molecule has 0 amide bonds. The molecule has 0 bridgehead atoms. The number of hydrogen-bond donors (Lipinski definition) is 0. The molecule has 0 saturated heterocycles. The topological polar surface area (TPSA) is 17.1 Å². The number of ketones is 1. The van der Waals surface area contributed by atoms with E-state index in [1.165, 1.54) is 11.1 Å². The number of allylic oxidation sites excluding steroid dienone is 1. The van der Waals surface area contributed by atoms with Crippen LogP contribution in [0, 0.1) is 0 Å². The van der Waals surface area contributed by atoms with Crippen LogP contribution in [0.2, 0.25) is 0 Å². The Labute approximate surface area is 115 Å². The van der Waals surface area contributed by atoms with Gasteiger partial charge in [-0.3, -0.25) is 4.79 Å². The van der Waals surface area contributed by atoms with Crippen LogP contribution in [-0.2, 0) is 0 Å². The number of halogens is 1. The molecule has 0 N–H and O–H groups in total. The number of hydrogen-bond acceptors (Lipinski definition) is 2. The quantitative estimate of drug-likeness (QED) is 0.592. The smallest absolute Gasteiger partial charge is 0.176 e. The lowest BCUT2D eigenvalue weighted by atomic mass is 10.0. The number of thioether (sulfide) groups is 1. The lowest BCUT2D eigenvalue weighted by Gasteiger charge is -2.22. The highest BCUT2D eigenvalue weighted by atomic mass is 79.9. The molecule has 90 valence electrons. The Hall–Kier alpha value is -0.540. The fourth-order valence-electron chi connectivity index (χ4n) is 1.83. The van der Waals surface area contributed by atoms with Crippen molar-refractivity contribution in [2.24, 2.45) is 0 Å². The van der Waals surface area contributed by atoms with Crippen molar-refractivity contribution in [1.82, 2.24) is 0 Å². The number of carbonyl (C=O) groups is 1. The highest BCUT2D eigenvalue weighted by Crippen LogP contribution is 2.31. The van der Waals surface area contributed by atoms with Gasteiger partial charge in [-0.05, 0) is 32.4 Å². The third-order valence-corrected chi connectivity index (χ3v) is 5.05. The van der Waals surface area contributed by atoms with Crippen LogP contribution in [0.25, 0.3) is 0 Å². The van der Waals surface area contributed by atoms with Crippen molar-refractivity contribution in [1.29, 1.82) is 0 Å². The first-order valence-corrected chi connectivity index (χ1v) is 7.48. The number of carbonyl (C=O) groups excluding carboxylic acids is 1. The fraction of sp³-hybridized carbons (Fsp3) is 0.357. The van der Waals surface area contributed by atoms with E-state index in [0.29, 0.717) is 0 Å². The lowest BCUT2D eigenvalue weighted by Crippen LogP contribution is -2.22. The summed E-state index contributed by atoms with van der Waals surface area (Å²) in [7, 11) is 0. The largest absolute Gasteiger partial charge is 0.293 e. The fourth-order valence-corrected chi connectivity index (χ4v) is 3.45. The molecule has 1 aromatic carbocycles. The van der Waals surface area contributed by atoms with Crippen molar-refractivity contribution in [3.63, 3.8) is 0 Å². The standard InChI is InChI=1S/C14H15BrOS/c1-9-7-13(17-8-10(9)2)14(16)11-3-5-12(15)6-4-11/h3-6,13H,7-8H2,1-2H3. The minimum Gasteiger partial charge on any atom is -0.293 e. The van der Waals surface area contributed by atoms with Crippen molar-refractivity contribution in [2.45, 2.75) is 25.5 Å². The molecular weight excluding hydrogens is 296 g/mol. The van der Waals surface area contributed by atoms with Gasteiger partial charge in [-0.1, -0.05) is 39.2 Å². The maximum atomic E-state index is 12.3. The highest BCUT2D eigenvalue weighted by Gasteiger charge is 2.24. The van der Waals surface area contributed by atoms with Gasteiger partial charge in [-0.15, -0.1) is 11.8 Å². The molecule has 1 unspecified atom stereocenters. The Bertz CT molecular complexity index is 462. The van der Waals surface area contributed by atoms with E-state index in [4.69, 9.17) is 0 Å². The maximum Gasteiger partial charge on any atom is 0.176 e. The van der Waals surface area contributed by atoms with Crippen LogP contribution in [0.1, 0.15) is 30.6 Å². The second-order valence-electron chi connectivity index (χ2n) is 4.44. The van der Waals surface area contributed by atoms with E-state index in [9.17, 15) is 4.79 Å². The number of rotatable bonds is 2. The SMILES string of the molecule is CC1=C(C)CC(C(=O)c2ccc(Br)cc2)SC1.